The molecule has 0 saturated heterocycles. The zero-order chi connectivity index (χ0) is 11.5. The Morgan fingerprint density at radius 2 is 1.44 bits per heavy atom. The van der Waals surface area contributed by atoms with E-state index in [4.69, 9.17) is 11.6 Å². The van der Waals surface area contributed by atoms with Crippen molar-refractivity contribution in [3.8, 4) is 0 Å². The molecule has 2 rings (SSSR count). The molecule has 2 heteroatoms. The lowest BCUT2D eigenvalue weighted by Crippen LogP contribution is -1.81. The Labute approximate surface area is 106 Å². The van der Waals surface area contributed by atoms with Gasteiger partial charge in [-0.15, -0.1) is 0 Å². The van der Waals surface area contributed by atoms with Crippen LogP contribution in [0.15, 0.2) is 52.3 Å². The van der Waals surface area contributed by atoms with E-state index in [1.54, 1.807) is 11.8 Å². The Morgan fingerprint density at radius 3 is 2.06 bits per heavy atom. The molecule has 0 heterocycles. The number of aryl methyl sites for hydroxylation is 2. The van der Waals surface area contributed by atoms with Crippen LogP contribution in [0.1, 0.15) is 11.1 Å². The molecular weight excluding hydrogens is 236 g/mol. The minimum absolute atomic E-state index is 0.782. The van der Waals surface area contributed by atoms with Crippen LogP contribution in [-0.4, -0.2) is 0 Å². The second kappa shape index (κ2) is 4.94. The van der Waals surface area contributed by atoms with E-state index >= 15 is 0 Å². The highest BCUT2D eigenvalue weighted by atomic mass is 35.5. The molecule has 0 radical (unpaired) electrons. The van der Waals surface area contributed by atoms with Crippen molar-refractivity contribution in [1.82, 2.24) is 0 Å². The highest BCUT2D eigenvalue weighted by molar-refractivity contribution is 7.99. The van der Waals surface area contributed by atoms with Crippen LogP contribution < -0.4 is 0 Å². The third-order valence-electron chi connectivity index (χ3n) is 2.53. The van der Waals surface area contributed by atoms with Crippen molar-refractivity contribution >= 4 is 23.4 Å². The van der Waals surface area contributed by atoms with Gasteiger partial charge in [-0.2, -0.15) is 0 Å². The number of benzene rings is 2. The van der Waals surface area contributed by atoms with E-state index in [9.17, 15) is 0 Å². The van der Waals surface area contributed by atoms with Crippen LogP contribution in [0.25, 0.3) is 0 Å². The summed E-state index contributed by atoms with van der Waals surface area (Å²) < 4.78 is 0. The van der Waals surface area contributed by atoms with Gasteiger partial charge in [0.1, 0.15) is 0 Å². The third kappa shape index (κ3) is 2.81. The molecule has 82 valence electrons. The van der Waals surface area contributed by atoms with Crippen molar-refractivity contribution in [2.45, 2.75) is 23.6 Å². The summed E-state index contributed by atoms with van der Waals surface area (Å²) in [6.45, 7) is 4.27. The molecule has 0 aliphatic heterocycles. The molecule has 0 N–H and O–H groups in total. The first-order chi connectivity index (χ1) is 7.65. The first-order valence-electron chi connectivity index (χ1n) is 5.16. The molecule has 0 bridgehead atoms. The summed E-state index contributed by atoms with van der Waals surface area (Å²) in [5.41, 5.74) is 2.67. The van der Waals surface area contributed by atoms with Crippen LogP contribution in [0.2, 0.25) is 5.02 Å². The van der Waals surface area contributed by atoms with E-state index in [1.165, 1.54) is 20.9 Å². The van der Waals surface area contributed by atoms with E-state index in [2.05, 4.69) is 32.0 Å². The van der Waals surface area contributed by atoms with Gasteiger partial charge < -0.3 is 0 Å². The number of hydrogen-bond acceptors (Lipinski definition) is 1. The SMILES string of the molecule is Cc1ccc(Sc2ccc(Cl)cc2)cc1C. The van der Waals surface area contributed by atoms with Crippen molar-refractivity contribution in [2.75, 3.05) is 0 Å². The van der Waals surface area contributed by atoms with Gasteiger partial charge in [-0.3, -0.25) is 0 Å². The topological polar surface area (TPSA) is 0 Å². The summed E-state index contributed by atoms with van der Waals surface area (Å²) in [6.07, 6.45) is 0. The summed E-state index contributed by atoms with van der Waals surface area (Å²) in [4.78, 5) is 2.48. The van der Waals surface area contributed by atoms with Crippen LogP contribution >= 0.6 is 23.4 Å². The van der Waals surface area contributed by atoms with Crippen LogP contribution in [-0.2, 0) is 0 Å². The number of halogens is 1. The fourth-order valence-corrected chi connectivity index (χ4v) is 2.46. The van der Waals surface area contributed by atoms with Crippen molar-refractivity contribution < 1.29 is 0 Å². The normalized spacial score (nSPS) is 10.4. The largest absolute Gasteiger partial charge is 0.0901 e. The van der Waals surface area contributed by atoms with Gasteiger partial charge in [0.15, 0.2) is 0 Å². The average Bonchev–Trinajstić information content (AvgIpc) is 2.27. The molecule has 0 aliphatic rings. The molecule has 0 nitrogen and oxygen atoms in total. The van der Waals surface area contributed by atoms with E-state index in [0.29, 0.717) is 0 Å². The predicted octanol–water partition coefficient (Wildman–Crippen LogP) is 5.11. The molecule has 16 heavy (non-hydrogen) atoms. The quantitative estimate of drug-likeness (QED) is 0.712. The molecule has 0 unspecified atom stereocenters. The van der Waals surface area contributed by atoms with Crippen molar-refractivity contribution in [1.29, 1.82) is 0 Å². The van der Waals surface area contributed by atoms with Crippen molar-refractivity contribution in [2.24, 2.45) is 0 Å². The standard InChI is InChI=1S/C14H13ClS/c1-10-3-6-14(9-11(10)2)16-13-7-4-12(15)5-8-13/h3-9H,1-2H3. The van der Waals surface area contributed by atoms with Gasteiger partial charge in [0.2, 0.25) is 0 Å². The molecule has 0 amide bonds. The second-order valence-electron chi connectivity index (χ2n) is 3.80. The van der Waals surface area contributed by atoms with Gasteiger partial charge in [-0.25, -0.2) is 0 Å². The van der Waals surface area contributed by atoms with E-state index in [1.807, 2.05) is 24.3 Å². The van der Waals surface area contributed by atoms with Crippen molar-refractivity contribution in [3.63, 3.8) is 0 Å². The Bertz CT molecular complexity index is 489. The summed E-state index contributed by atoms with van der Waals surface area (Å²) in [7, 11) is 0. The Morgan fingerprint density at radius 1 is 0.812 bits per heavy atom. The molecule has 0 aliphatic carbocycles. The molecular formula is C14H13ClS. The summed E-state index contributed by atoms with van der Waals surface area (Å²) in [6, 6.07) is 14.5. The lowest BCUT2D eigenvalue weighted by molar-refractivity contribution is 1.27. The smallest absolute Gasteiger partial charge is 0.0406 e. The summed E-state index contributed by atoms with van der Waals surface area (Å²) in [5, 5.41) is 0.782. The zero-order valence-electron chi connectivity index (χ0n) is 9.33. The predicted molar refractivity (Wildman–Crippen MR) is 71.5 cm³/mol. The third-order valence-corrected chi connectivity index (χ3v) is 3.78. The molecule has 2 aromatic rings. The van der Waals surface area contributed by atoms with E-state index < -0.39 is 0 Å². The maximum absolute atomic E-state index is 5.85. The molecule has 0 atom stereocenters. The monoisotopic (exact) mass is 248 g/mol. The Balaban J connectivity index is 2.20. The minimum Gasteiger partial charge on any atom is -0.0901 e. The fraction of sp³-hybridized carbons (Fsp3) is 0.143. The van der Waals surface area contributed by atoms with Crippen LogP contribution in [0.3, 0.4) is 0 Å². The lowest BCUT2D eigenvalue weighted by atomic mass is 10.1. The first-order valence-corrected chi connectivity index (χ1v) is 6.35. The number of hydrogen-bond donors (Lipinski definition) is 0. The van der Waals surface area contributed by atoms with Gasteiger partial charge in [0, 0.05) is 14.8 Å². The van der Waals surface area contributed by atoms with E-state index in [-0.39, 0.29) is 0 Å². The van der Waals surface area contributed by atoms with Crippen molar-refractivity contribution in [3.05, 3.63) is 58.6 Å². The zero-order valence-corrected chi connectivity index (χ0v) is 10.9. The first kappa shape index (κ1) is 11.6. The molecule has 2 aromatic carbocycles. The highest BCUT2D eigenvalue weighted by Gasteiger charge is 1.99. The summed E-state index contributed by atoms with van der Waals surface area (Å²) >= 11 is 7.61. The van der Waals surface area contributed by atoms with Gasteiger partial charge in [-0.1, -0.05) is 29.4 Å². The minimum atomic E-state index is 0.782. The molecule has 0 saturated carbocycles. The molecule has 0 fully saturated rings. The maximum Gasteiger partial charge on any atom is 0.0406 e. The van der Waals surface area contributed by atoms with Crippen LogP contribution in [0.4, 0.5) is 0 Å². The van der Waals surface area contributed by atoms with Gasteiger partial charge in [-0.05, 0) is 61.4 Å². The second-order valence-corrected chi connectivity index (χ2v) is 5.39. The number of rotatable bonds is 2. The molecule has 0 spiro atoms. The van der Waals surface area contributed by atoms with Gasteiger partial charge >= 0.3 is 0 Å². The highest BCUT2D eigenvalue weighted by Crippen LogP contribution is 2.29. The van der Waals surface area contributed by atoms with Gasteiger partial charge in [0.25, 0.3) is 0 Å². The van der Waals surface area contributed by atoms with E-state index in [0.717, 1.165) is 5.02 Å². The Kier molecular flexibility index (Phi) is 3.57. The molecule has 0 aromatic heterocycles. The lowest BCUT2D eigenvalue weighted by Gasteiger charge is -2.05. The fourth-order valence-electron chi connectivity index (χ4n) is 1.42. The Hall–Kier alpha value is -0.920. The average molecular weight is 249 g/mol. The van der Waals surface area contributed by atoms with Crippen LogP contribution in [0, 0.1) is 13.8 Å². The summed E-state index contributed by atoms with van der Waals surface area (Å²) in [5.74, 6) is 0. The van der Waals surface area contributed by atoms with Gasteiger partial charge in [0.05, 0.1) is 0 Å². The van der Waals surface area contributed by atoms with Crippen LogP contribution in [0.5, 0.6) is 0 Å². The maximum atomic E-state index is 5.85.